The van der Waals surface area contributed by atoms with E-state index in [1.165, 1.54) is 18.2 Å². The first-order chi connectivity index (χ1) is 17.0. The average molecular weight is 474 g/mol. The predicted octanol–water partition coefficient (Wildman–Crippen LogP) is 6.18. The molecular formula is C28H28FN3O3. The molecule has 6 nitrogen and oxygen atoms in total. The Hall–Kier alpha value is -4.00. The zero-order chi connectivity index (χ0) is 24.8. The number of hydrogen-bond acceptors (Lipinski definition) is 3. The van der Waals surface area contributed by atoms with E-state index in [2.05, 4.69) is 12.2 Å². The summed E-state index contributed by atoms with van der Waals surface area (Å²) in [5, 5.41) is 15.2. The molecule has 1 amide bonds. The molecule has 7 heteroatoms. The number of non-ortho nitro benzene ring substituents is 1. The topological polar surface area (TPSA) is 77.2 Å². The molecule has 0 radical (unpaired) electrons. The molecule has 1 atom stereocenters. The van der Waals surface area contributed by atoms with Gasteiger partial charge in [0.05, 0.1) is 4.92 Å². The normalized spacial score (nSPS) is 11.9. The van der Waals surface area contributed by atoms with Crippen LogP contribution in [0.1, 0.15) is 48.8 Å². The van der Waals surface area contributed by atoms with Gasteiger partial charge in [0, 0.05) is 54.7 Å². The van der Waals surface area contributed by atoms with Crippen molar-refractivity contribution in [2.75, 3.05) is 6.54 Å². The maximum atomic E-state index is 14.2. The number of carbonyl (C=O) groups is 1. The van der Waals surface area contributed by atoms with E-state index in [-0.39, 0.29) is 18.0 Å². The van der Waals surface area contributed by atoms with Crippen molar-refractivity contribution in [1.82, 2.24) is 9.88 Å². The van der Waals surface area contributed by atoms with Gasteiger partial charge >= 0.3 is 0 Å². The lowest BCUT2D eigenvalue weighted by Crippen LogP contribution is -2.26. The molecule has 0 aliphatic heterocycles. The number of nitrogens with zero attached hydrogens (tertiary/aromatic N) is 2. The molecule has 4 rings (SSSR count). The summed E-state index contributed by atoms with van der Waals surface area (Å²) in [5.74, 6) is -0.992. The van der Waals surface area contributed by atoms with Crippen LogP contribution in [0.5, 0.6) is 0 Å². The second kappa shape index (κ2) is 11.0. The van der Waals surface area contributed by atoms with Crippen molar-refractivity contribution in [3.05, 3.63) is 112 Å². The van der Waals surface area contributed by atoms with E-state index in [0.29, 0.717) is 24.0 Å². The fourth-order valence-corrected chi connectivity index (χ4v) is 4.41. The molecule has 0 saturated heterocycles. The summed E-state index contributed by atoms with van der Waals surface area (Å²) in [7, 11) is 0. The van der Waals surface area contributed by atoms with Gasteiger partial charge < -0.3 is 9.88 Å². The Morgan fingerprint density at radius 3 is 2.60 bits per heavy atom. The third kappa shape index (κ3) is 5.74. The number of nitrogens with one attached hydrogen (secondary N) is 1. The van der Waals surface area contributed by atoms with Crippen molar-refractivity contribution in [2.45, 2.75) is 38.6 Å². The van der Waals surface area contributed by atoms with E-state index >= 15 is 0 Å². The number of amides is 1. The first kappa shape index (κ1) is 24.1. The Bertz CT molecular complexity index is 1330. The van der Waals surface area contributed by atoms with Crippen molar-refractivity contribution < 1.29 is 14.1 Å². The van der Waals surface area contributed by atoms with Crippen LogP contribution in [-0.2, 0) is 11.3 Å². The second-order valence-electron chi connectivity index (χ2n) is 8.67. The molecule has 0 aliphatic carbocycles. The molecule has 4 aromatic rings. The highest BCUT2D eigenvalue weighted by Crippen LogP contribution is 2.37. The summed E-state index contributed by atoms with van der Waals surface area (Å²) >= 11 is 0. The van der Waals surface area contributed by atoms with Crippen molar-refractivity contribution in [3.8, 4) is 0 Å². The lowest BCUT2D eigenvalue weighted by atomic mass is 9.88. The molecule has 35 heavy (non-hydrogen) atoms. The fraction of sp³-hybridized carbons (Fsp3) is 0.250. The van der Waals surface area contributed by atoms with Crippen LogP contribution in [0.3, 0.4) is 0 Å². The summed E-state index contributed by atoms with van der Waals surface area (Å²) in [6.45, 7) is 3.19. The maximum absolute atomic E-state index is 14.2. The van der Waals surface area contributed by atoms with Gasteiger partial charge in [0.2, 0.25) is 5.91 Å². The molecule has 3 aromatic carbocycles. The third-order valence-electron chi connectivity index (χ3n) is 6.17. The average Bonchev–Trinajstić information content (AvgIpc) is 3.20. The van der Waals surface area contributed by atoms with Gasteiger partial charge in [0.25, 0.3) is 5.69 Å². The Labute approximate surface area is 203 Å². The Kier molecular flexibility index (Phi) is 7.55. The number of benzene rings is 3. The molecule has 0 fully saturated rings. The molecule has 0 saturated carbocycles. The molecule has 180 valence electrons. The number of unbranched alkanes of at least 4 members (excludes halogenated alkanes) is 1. The molecular weight excluding hydrogens is 445 g/mol. The minimum atomic E-state index is -0.464. The molecule has 1 heterocycles. The van der Waals surface area contributed by atoms with E-state index in [4.69, 9.17) is 0 Å². The van der Waals surface area contributed by atoms with Crippen LogP contribution in [0.4, 0.5) is 10.1 Å². The van der Waals surface area contributed by atoms with Gasteiger partial charge in [-0.15, -0.1) is 0 Å². The van der Waals surface area contributed by atoms with Crippen molar-refractivity contribution in [3.63, 3.8) is 0 Å². The summed E-state index contributed by atoms with van der Waals surface area (Å²) < 4.78 is 16.2. The van der Waals surface area contributed by atoms with E-state index in [1.807, 2.05) is 41.1 Å². The molecule has 0 bridgehead atoms. The summed E-state index contributed by atoms with van der Waals surface area (Å²) in [4.78, 5) is 24.0. The Morgan fingerprint density at radius 2 is 1.89 bits per heavy atom. The lowest BCUT2D eigenvalue weighted by Gasteiger charge is -2.17. The number of nitro groups is 1. The quantitative estimate of drug-likeness (QED) is 0.170. The van der Waals surface area contributed by atoms with Crippen molar-refractivity contribution in [1.29, 1.82) is 0 Å². The minimum absolute atomic E-state index is 0.0263. The largest absolute Gasteiger partial charge is 0.356 e. The van der Waals surface area contributed by atoms with Crippen LogP contribution < -0.4 is 5.32 Å². The zero-order valence-electron chi connectivity index (χ0n) is 19.6. The highest BCUT2D eigenvalue weighted by Gasteiger charge is 2.24. The molecule has 1 unspecified atom stereocenters. The van der Waals surface area contributed by atoms with Crippen LogP contribution >= 0.6 is 0 Å². The first-order valence-electron chi connectivity index (χ1n) is 11.8. The van der Waals surface area contributed by atoms with Gasteiger partial charge in [0.1, 0.15) is 5.82 Å². The SMILES string of the molecule is CCCCNC(=O)CC(c1cccc(F)c1)c1cn(Cc2ccccc2)c2ccc([N+](=O)[O-])cc12. The molecule has 0 spiro atoms. The van der Waals surface area contributed by atoms with Crippen LogP contribution in [0.15, 0.2) is 79.0 Å². The van der Waals surface area contributed by atoms with Crippen LogP contribution in [0, 0.1) is 15.9 Å². The van der Waals surface area contributed by atoms with Gasteiger partial charge in [-0.2, -0.15) is 0 Å². The number of nitro benzene ring substituents is 1. The summed E-state index contributed by atoms with van der Waals surface area (Å²) in [6, 6.07) is 20.9. The number of rotatable bonds is 10. The molecule has 0 aliphatic rings. The smallest absolute Gasteiger partial charge is 0.270 e. The van der Waals surface area contributed by atoms with Gasteiger partial charge in [-0.1, -0.05) is 55.8 Å². The summed E-state index contributed by atoms with van der Waals surface area (Å²) in [5.41, 5.74) is 3.29. The Morgan fingerprint density at radius 1 is 1.09 bits per heavy atom. The van der Waals surface area contributed by atoms with Crippen LogP contribution in [0.25, 0.3) is 10.9 Å². The van der Waals surface area contributed by atoms with E-state index in [0.717, 1.165) is 29.5 Å². The van der Waals surface area contributed by atoms with Crippen molar-refractivity contribution >= 4 is 22.5 Å². The Balaban J connectivity index is 1.83. The van der Waals surface area contributed by atoms with Gasteiger partial charge in [0.15, 0.2) is 0 Å². The first-order valence-corrected chi connectivity index (χ1v) is 11.8. The fourth-order valence-electron chi connectivity index (χ4n) is 4.41. The maximum Gasteiger partial charge on any atom is 0.270 e. The molecule has 1 N–H and O–H groups in total. The second-order valence-corrected chi connectivity index (χ2v) is 8.67. The highest BCUT2D eigenvalue weighted by atomic mass is 19.1. The number of aromatic nitrogens is 1. The number of halogens is 1. The van der Waals surface area contributed by atoms with Crippen molar-refractivity contribution in [2.24, 2.45) is 0 Å². The predicted molar refractivity (Wildman–Crippen MR) is 135 cm³/mol. The standard InChI is InChI=1S/C28H28FN3O3/c1-2-3-14-30-28(33)17-24(21-10-7-11-22(29)15-21)26-19-31(18-20-8-5-4-6-9-20)27-13-12-23(32(34)35)16-25(26)27/h4-13,15-16,19,24H,2-3,14,17-18H2,1H3,(H,30,33). The number of fused-ring (bicyclic) bond motifs is 1. The third-order valence-corrected chi connectivity index (χ3v) is 6.17. The molecule has 1 aromatic heterocycles. The summed E-state index contributed by atoms with van der Waals surface area (Å²) in [6.07, 6.45) is 3.89. The minimum Gasteiger partial charge on any atom is -0.356 e. The monoisotopic (exact) mass is 473 g/mol. The van der Waals surface area contributed by atoms with Gasteiger partial charge in [-0.3, -0.25) is 14.9 Å². The van der Waals surface area contributed by atoms with Gasteiger partial charge in [-0.25, -0.2) is 4.39 Å². The van der Waals surface area contributed by atoms with E-state index in [1.54, 1.807) is 24.3 Å². The number of carbonyl (C=O) groups excluding carboxylic acids is 1. The highest BCUT2D eigenvalue weighted by molar-refractivity contribution is 5.88. The van der Waals surface area contributed by atoms with E-state index < -0.39 is 16.7 Å². The van der Waals surface area contributed by atoms with Crippen LogP contribution in [0.2, 0.25) is 0 Å². The van der Waals surface area contributed by atoms with Gasteiger partial charge in [-0.05, 0) is 41.3 Å². The van der Waals surface area contributed by atoms with Crippen LogP contribution in [-0.4, -0.2) is 21.9 Å². The van der Waals surface area contributed by atoms with E-state index in [9.17, 15) is 19.3 Å². The lowest BCUT2D eigenvalue weighted by molar-refractivity contribution is -0.384. The number of hydrogen-bond donors (Lipinski definition) is 1. The zero-order valence-corrected chi connectivity index (χ0v) is 19.6.